The molecule has 1 aromatic heterocycles. The summed E-state index contributed by atoms with van der Waals surface area (Å²) in [6, 6.07) is 0.0718. The molecule has 0 saturated heterocycles. The first kappa shape index (κ1) is 8.62. The second-order valence-corrected chi connectivity index (χ2v) is 3.83. The quantitative estimate of drug-likeness (QED) is 0.751. The molecule has 1 aromatic rings. The van der Waals surface area contributed by atoms with Crippen molar-refractivity contribution in [3.8, 4) is 0 Å². The van der Waals surface area contributed by atoms with Gasteiger partial charge in [-0.25, -0.2) is 4.98 Å². The lowest BCUT2D eigenvalue weighted by Crippen LogP contribution is -2.12. The van der Waals surface area contributed by atoms with E-state index >= 15 is 0 Å². The fourth-order valence-electron chi connectivity index (χ4n) is 0.954. The Balaban J connectivity index is 2.49. The van der Waals surface area contributed by atoms with Crippen molar-refractivity contribution < 1.29 is 0 Å². The van der Waals surface area contributed by atoms with Gasteiger partial charge < -0.3 is 5.73 Å². The highest BCUT2D eigenvalue weighted by Gasteiger charge is 2.10. The minimum atomic E-state index is 0.0718. The van der Waals surface area contributed by atoms with E-state index in [1.807, 2.05) is 0 Å². The molecule has 0 unspecified atom stereocenters. The van der Waals surface area contributed by atoms with E-state index in [1.54, 1.807) is 6.33 Å². The first-order chi connectivity index (χ1) is 5.20. The summed E-state index contributed by atoms with van der Waals surface area (Å²) in [5.41, 5.74) is 5.85. The molecule has 0 bridgehead atoms. The van der Waals surface area contributed by atoms with Gasteiger partial charge in [0, 0.05) is 0 Å². The van der Waals surface area contributed by atoms with Crippen LogP contribution in [0.4, 0.5) is 0 Å². The number of nitrogens with two attached hydrogens (primary N) is 1. The van der Waals surface area contributed by atoms with Crippen LogP contribution in [0, 0.1) is 5.92 Å². The van der Waals surface area contributed by atoms with Crippen LogP contribution in [0.25, 0.3) is 0 Å². The molecule has 0 amide bonds. The van der Waals surface area contributed by atoms with Crippen LogP contribution >= 0.6 is 11.5 Å². The van der Waals surface area contributed by atoms with E-state index in [9.17, 15) is 0 Å². The molecule has 3 nitrogen and oxygen atoms in total. The zero-order chi connectivity index (χ0) is 8.27. The van der Waals surface area contributed by atoms with Gasteiger partial charge in [0.05, 0.1) is 6.04 Å². The molecule has 4 heteroatoms. The van der Waals surface area contributed by atoms with E-state index in [0.717, 1.165) is 11.4 Å². The monoisotopic (exact) mass is 171 g/mol. The first-order valence-corrected chi connectivity index (χ1v) is 4.49. The van der Waals surface area contributed by atoms with E-state index in [4.69, 9.17) is 5.73 Å². The van der Waals surface area contributed by atoms with Gasteiger partial charge in [0.15, 0.2) is 0 Å². The highest BCUT2D eigenvalue weighted by Crippen LogP contribution is 2.18. The van der Waals surface area contributed by atoms with Gasteiger partial charge in [0.25, 0.3) is 0 Å². The molecule has 0 spiro atoms. The normalized spacial score (nSPS) is 13.8. The van der Waals surface area contributed by atoms with Gasteiger partial charge in [-0.2, -0.15) is 4.37 Å². The topological polar surface area (TPSA) is 51.8 Å². The molecule has 1 atom stereocenters. The van der Waals surface area contributed by atoms with Crippen LogP contribution in [0.1, 0.15) is 31.3 Å². The molecular weight excluding hydrogens is 158 g/mol. The molecule has 0 aliphatic heterocycles. The Kier molecular flexibility index (Phi) is 2.96. The summed E-state index contributed by atoms with van der Waals surface area (Å²) in [7, 11) is 0. The summed E-state index contributed by atoms with van der Waals surface area (Å²) in [5, 5.41) is 0.943. The Morgan fingerprint density at radius 1 is 1.64 bits per heavy atom. The summed E-state index contributed by atoms with van der Waals surface area (Å²) in [5.74, 6) is 0.619. The molecule has 0 aromatic carbocycles. The summed E-state index contributed by atoms with van der Waals surface area (Å²) >= 11 is 1.39. The van der Waals surface area contributed by atoms with Crippen molar-refractivity contribution >= 4 is 11.5 Å². The predicted octanol–water partition coefficient (Wildman–Crippen LogP) is 1.58. The SMILES string of the molecule is CC(C)C[C@@H](N)c1ncns1. The van der Waals surface area contributed by atoms with Crippen molar-refractivity contribution in [2.45, 2.75) is 26.3 Å². The highest BCUT2D eigenvalue weighted by atomic mass is 32.1. The van der Waals surface area contributed by atoms with Crippen LogP contribution in [0.5, 0.6) is 0 Å². The Morgan fingerprint density at radius 3 is 2.82 bits per heavy atom. The third kappa shape index (κ3) is 2.55. The van der Waals surface area contributed by atoms with Crippen molar-refractivity contribution in [2.24, 2.45) is 11.7 Å². The van der Waals surface area contributed by atoms with Gasteiger partial charge >= 0.3 is 0 Å². The van der Waals surface area contributed by atoms with Crippen LogP contribution in [0.15, 0.2) is 6.33 Å². The molecule has 0 aliphatic rings. The van der Waals surface area contributed by atoms with Crippen molar-refractivity contribution in [3.05, 3.63) is 11.3 Å². The molecule has 0 saturated carbocycles. The van der Waals surface area contributed by atoms with Gasteiger partial charge in [-0.1, -0.05) is 13.8 Å². The van der Waals surface area contributed by atoms with Crippen LogP contribution in [-0.2, 0) is 0 Å². The maximum atomic E-state index is 5.85. The van der Waals surface area contributed by atoms with E-state index < -0.39 is 0 Å². The molecule has 0 aliphatic carbocycles. The molecule has 62 valence electrons. The molecule has 1 heterocycles. The molecule has 0 fully saturated rings. The number of aromatic nitrogens is 2. The average molecular weight is 171 g/mol. The Hall–Kier alpha value is -0.480. The molecule has 11 heavy (non-hydrogen) atoms. The van der Waals surface area contributed by atoms with Gasteiger partial charge in [-0.15, -0.1) is 0 Å². The zero-order valence-corrected chi connectivity index (χ0v) is 7.64. The highest BCUT2D eigenvalue weighted by molar-refractivity contribution is 7.05. The summed E-state index contributed by atoms with van der Waals surface area (Å²) in [4.78, 5) is 4.05. The van der Waals surface area contributed by atoms with E-state index in [1.165, 1.54) is 11.5 Å². The number of hydrogen-bond acceptors (Lipinski definition) is 4. The molecule has 2 N–H and O–H groups in total. The lowest BCUT2D eigenvalue weighted by Gasteiger charge is -2.09. The minimum absolute atomic E-state index is 0.0718. The first-order valence-electron chi connectivity index (χ1n) is 3.72. The smallest absolute Gasteiger partial charge is 0.130 e. The number of nitrogens with zero attached hydrogens (tertiary/aromatic N) is 2. The predicted molar refractivity (Wildman–Crippen MR) is 46.3 cm³/mol. The fourth-order valence-corrected chi connectivity index (χ4v) is 1.48. The third-order valence-corrected chi connectivity index (χ3v) is 2.22. The lowest BCUT2D eigenvalue weighted by molar-refractivity contribution is 0.508. The van der Waals surface area contributed by atoms with Gasteiger partial charge in [0.1, 0.15) is 11.3 Å². The number of rotatable bonds is 3. The van der Waals surface area contributed by atoms with Crippen molar-refractivity contribution in [1.29, 1.82) is 0 Å². The maximum absolute atomic E-state index is 5.85. The second-order valence-electron chi connectivity index (χ2n) is 3.02. The van der Waals surface area contributed by atoms with Gasteiger partial charge in [-0.3, -0.25) is 0 Å². The lowest BCUT2D eigenvalue weighted by atomic mass is 10.1. The number of hydrogen-bond donors (Lipinski definition) is 1. The summed E-state index contributed by atoms with van der Waals surface area (Å²) < 4.78 is 3.90. The van der Waals surface area contributed by atoms with Crippen LogP contribution in [-0.4, -0.2) is 9.36 Å². The largest absolute Gasteiger partial charge is 0.322 e. The Bertz CT molecular complexity index is 195. The van der Waals surface area contributed by atoms with Crippen molar-refractivity contribution in [1.82, 2.24) is 9.36 Å². The zero-order valence-electron chi connectivity index (χ0n) is 6.82. The van der Waals surface area contributed by atoms with Crippen LogP contribution in [0.2, 0.25) is 0 Å². The van der Waals surface area contributed by atoms with Crippen LogP contribution in [0.3, 0.4) is 0 Å². The fraction of sp³-hybridized carbons (Fsp3) is 0.714. The summed E-state index contributed by atoms with van der Waals surface area (Å²) in [6.07, 6.45) is 2.54. The van der Waals surface area contributed by atoms with Crippen molar-refractivity contribution in [2.75, 3.05) is 0 Å². The van der Waals surface area contributed by atoms with Crippen LogP contribution < -0.4 is 5.73 Å². The Morgan fingerprint density at radius 2 is 2.36 bits per heavy atom. The average Bonchev–Trinajstić information content (AvgIpc) is 2.35. The van der Waals surface area contributed by atoms with Gasteiger partial charge in [-0.05, 0) is 23.9 Å². The third-order valence-electron chi connectivity index (χ3n) is 1.42. The molecule has 1 rings (SSSR count). The van der Waals surface area contributed by atoms with E-state index in [-0.39, 0.29) is 6.04 Å². The summed E-state index contributed by atoms with van der Waals surface area (Å²) in [6.45, 7) is 4.31. The second kappa shape index (κ2) is 3.78. The Labute approximate surface area is 70.8 Å². The molecule has 0 radical (unpaired) electrons. The minimum Gasteiger partial charge on any atom is -0.322 e. The standard InChI is InChI=1S/C7H13N3S/c1-5(2)3-6(8)7-9-4-10-11-7/h4-6H,3,8H2,1-2H3/t6-/m1/s1. The van der Waals surface area contributed by atoms with E-state index in [0.29, 0.717) is 5.92 Å². The maximum Gasteiger partial charge on any atom is 0.130 e. The van der Waals surface area contributed by atoms with E-state index in [2.05, 4.69) is 23.2 Å². The molecular formula is C7H13N3S. The van der Waals surface area contributed by atoms with Crippen molar-refractivity contribution in [3.63, 3.8) is 0 Å². The van der Waals surface area contributed by atoms with Gasteiger partial charge in [0.2, 0.25) is 0 Å².